The van der Waals surface area contributed by atoms with Gasteiger partial charge in [0.25, 0.3) is 0 Å². The quantitative estimate of drug-likeness (QED) is 0.809. The zero-order valence-corrected chi connectivity index (χ0v) is 9.37. The van der Waals surface area contributed by atoms with Crippen LogP contribution in [0.3, 0.4) is 0 Å². The van der Waals surface area contributed by atoms with Crippen molar-refractivity contribution in [2.45, 2.75) is 31.0 Å². The molecule has 0 atom stereocenters. The molecule has 94 valence electrons. The van der Waals surface area contributed by atoms with E-state index in [2.05, 4.69) is 5.32 Å². The van der Waals surface area contributed by atoms with E-state index in [9.17, 15) is 17.6 Å². The van der Waals surface area contributed by atoms with Crippen LogP contribution >= 0.6 is 0 Å². The Morgan fingerprint density at radius 1 is 1.29 bits per heavy atom. The van der Waals surface area contributed by atoms with Crippen LogP contribution in [0.5, 0.6) is 0 Å². The molecule has 1 aliphatic carbocycles. The first kappa shape index (κ1) is 12.4. The standard InChI is InChI=1S/C12H13F4N/c1-17-11(4-5-11)7-8-6-9(12(14,15)16)2-3-10(8)13/h2-3,6,17H,4-5,7H2,1H3. The van der Waals surface area contributed by atoms with Gasteiger partial charge in [0, 0.05) is 5.54 Å². The highest BCUT2D eigenvalue weighted by atomic mass is 19.4. The van der Waals surface area contributed by atoms with Crippen molar-refractivity contribution < 1.29 is 17.6 Å². The maximum Gasteiger partial charge on any atom is 0.416 e. The Morgan fingerprint density at radius 2 is 1.94 bits per heavy atom. The molecule has 17 heavy (non-hydrogen) atoms. The van der Waals surface area contributed by atoms with Gasteiger partial charge in [0.05, 0.1) is 5.56 Å². The van der Waals surface area contributed by atoms with Crippen LogP contribution in [0.25, 0.3) is 0 Å². The first-order chi connectivity index (χ1) is 7.86. The predicted octanol–water partition coefficient (Wildman–Crippen LogP) is 3.14. The van der Waals surface area contributed by atoms with Crippen molar-refractivity contribution in [3.05, 3.63) is 35.1 Å². The summed E-state index contributed by atoms with van der Waals surface area (Å²) < 4.78 is 50.9. The molecular weight excluding hydrogens is 234 g/mol. The van der Waals surface area contributed by atoms with Gasteiger partial charge in [0.15, 0.2) is 0 Å². The number of alkyl halides is 3. The Labute approximate surface area is 96.8 Å². The summed E-state index contributed by atoms with van der Waals surface area (Å²) in [5.41, 5.74) is -0.863. The van der Waals surface area contributed by atoms with E-state index in [1.54, 1.807) is 7.05 Å². The van der Waals surface area contributed by atoms with Crippen molar-refractivity contribution in [3.63, 3.8) is 0 Å². The molecule has 1 aromatic carbocycles. The zero-order chi connectivity index (χ0) is 12.7. The van der Waals surface area contributed by atoms with Gasteiger partial charge >= 0.3 is 6.18 Å². The summed E-state index contributed by atoms with van der Waals surface area (Å²) in [6.07, 6.45) is -2.36. The predicted molar refractivity (Wildman–Crippen MR) is 56.1 cm³/mol. The molecule has 0 heterocycles. The van der Waals surface area contributed by atoms with Crippen molar-refractivity contribution in [1.82, 2.24) is 5.32 Å². The molecule has 1 nitrogen and oxygen atoms in total. The molecule has 0 aliphatic heterocycles. The lowest BCUT2D eigenvalue weighted by atomic mass is 10.0. The Morgan fingerprint density at radius 3 is 2.41 bits per heavy atom. The topological polar surface area (TPSA) is 12.0 Å². The van der Waals surface area contributed by atoms with E-state index in [1.165, 1.54) is 0 Å². The number of likely N-dealkylation sites (N-methyl/N-ethyl adjacent to an activating group) is 1. The minimum atomic E-state index is -4.42. The molecule has 1 saturated carbocycles. The van der Waals surface area contributed by atoms with Crippen LogP contribution in [0, 0.1) is 5.82 Å². The summed E-state index contributed by atoms with van der Waals surface area (Å²) in [4.78, 5) is 0. The third-order valence-electron chi connectivity index (χ3n) is 3.29. The summed E-state index contributed by atoms with van der Waals surface area (Å²) in [7, 11) is 1.75. The Bertz CT molecular complexity index is 421. The second kappa shape index (κ2) is 3.98. The highest BCUT2D eigenvalue weighted by Gasteiger charge is 2.42. The smallest absolute Gasteiger partial charge is 0.314 e. The number of nitrogens with one attached hydrogen (secondary N) is 1. The third-order valence-corrected chi connectivity index (χ3v) is 3.29. The van der Waals surface area contributed by atoms with E-state index in [0.29, 0.717) is 6.42 Å². The minimum Gasteiger partial charge on any atom is -0.314 e. The first-order valence-electron chi connectivity index (χ1n) is 5.41. The van der Waals surface area contributed by atoms with Crippen LogP contribution in [0.15, 0.2) is 18.2 Å². The molecule has 0 spiro atoms. The molecule has 5 heteroatoms. The summed E-state index contributed by atoms with van der Waals surface area (Å²) in [5.74, 6) is -0.570. The average molecular weight is 247 g/mol. The maximum atomic E-state index is 13.5. The van der Waals surface area contributed by atoms with Crippen molar-refractivity contribution in [2.24, 2.45) is 0 Å². The Hall–Kier alpha value is -1.10. The van der Waals surface area contributed by atoms with Gasteiger partial charge in [-0.15, -0.1) is 0 Å². The van der Waals surface area contributed by atoms with Gasteiger partial charge < -0.3 is 5.32 Å². The van der Waals surface area contributed by atoms with Crippen LogP contribution < -0.4 is 5.32 Å². The maximum absolute atomic E-state index is 13.5. The van der Waals surface area contributed by atoms with Crippen LogP contribution in [0.4, 0.5) is 17.6 Å². The van der Waals surface area contributed by atoms with Gasteiger partial charge in [0.2, 0.25) is 0 Å². The van der Waals surface area contributed by atoms with Gasteiger partial charge in [-0.3, -0.25) is 0 Å². The van der Waals surface area contributed by atoms with Crippen LogP contribution in [0.1, 0.15) is 24.0 Å². The summed E-state index contributed by atoms with van der Waals surface area (Å²) in [6, 6.07) is 2.58. The Balaban J connectivity index is 2.27. The largest absolute Gasteiger partial charge is 0.416 e. The SMILES string of the molecule is CNC1(Cc2cc(C(F)(F)F)ccc2F)CC1. The van der Waals surface area contributed by atoms with E-state index in [0.717, 1.165) is 31.0 Å². The van der Waals surface area contributed by atoms with E-state index < -0.39 is 17.6 Å². The zero-order valence-electron chi connectivity index (χ0n) is 9.37. The first-order valence-corrected chi connectivity index (χ1v) is 5.41. The van der Waals surface area contributed by atoms with Crippen molar-refractivity contribution >= 4 is 0 Å². The molecule has 0 aromatic heterocycles. The van der Waals surface area contributed by atoms with Crippen molar-refractivity contribution in [1.29, 1.82) is 0 Å². The molecule has 0 saturated heterocycles. The number of hydrogen-bond donors (Lipinski definition) is 1. The molecule has 1 aliphatic rings. The molecule has 0 amide bonds. The summed E-state index contributed by atoms with van der Waals surface area (Å²) >= 11 is 0. The average Bonchev–Trinajstić information content (AvgIpc) is 3.00. The molecule has 2 rings (SSSR count). The highest BCUT2D eigenvalue weighted by molar-refractivity contribution is 5.30. The van der Waals surface area contributed by atoms with E-state index >= 15 is 0 Å². The van der Waals surface area contributed by atoms with E-state index in [1.807, 2.05) is 0 Å². The number of benzene rings is 1. The van der Waals surface area contributed by atoms with Gasteiger partial charge in [-0.25, -0.2) is 4.39 Å². The highest BCUT2D eigenvalue weighted by Crippen LogP contribution is 2.39. The van der Waals surface area contributed by atoms with Gasteiger partial charge in [0.1, 0.15) is 5.82 Å². The van der Waals surface area contributed by atoms with Crippen molar-refractivity contribution in [3.8, 4) is 0 Å². The second-order valence-electron chi connectivity index (χ2n) is 4.51. The second-order valence-corrected chi connectivity index (χ2v) is 4.51. The molecule has 1 aromatic rings. The lowest BCUT2D eigenvalue weighted by Crippen LogP contribution is -2.30. The fourth-order valence-electron chi connectivity index (χ4n) is 1.92. The van der Waals surface area contributed by atoms with Crippen LogP contribution in [-0.2, 0) is 12.6 Å². The van der Waals surface area contributed by atoms with Gasteiger partial charge in [-0.2, -0.15) is 13.2 Å². The molecule has 1 fully saturated rings. The molecule has 0 radical (unpaired) electrons. The minimum absolute atomic E-state index is 0.131. The summed E-state index contributed by atoms with van der Waals surface area (Å²) in [5, 5.41) is 3.04. The normalized spacial score (nSPS) is 18.2. The lowest BCUT2D eigenvalue weighted by Gasteiger charge is -2.16. The van der Waals surface area contributed by atoms with Crippen molar-refractivity contribution in [2.75, 3.05) is 7.05 Å². The molecular formula is C12H13F4N. The molecule has 1 N–H and O–H groups in total. The number of hydrogen-bond acceptors (Lipinski definition) is 1. The lowest BCUT2D eigenvalue weighted by molar-refractivity contribution is -0.137. The number of rotatable bonds is 3. The monoisotopic (exact) mass is 247 g/mol. The fourth-order valence-corrected chi connectivity index (χ4v) is 1.92. The fraction of sp³-hybridized carbons (Fsp3) is 0.500. The van der Waals surface area contributed by atoms with Crippen LogP contribution in [-0.4, -0.2) is 12.6 Å². The summed E-state index contributed by atoms with van der Waals surface area (Å²) in [6.45, 7) is 0. The van der Waals surface area contributed by atoms with E-state index in [4.69, 9.17) is 0 Å². The third kappa shape index (κ3) is 2.60. The van der Waals surface area contributed by atoms with E-state index in [-0.39, 0.29) is 11.1 Å². The molecule has 0 bridgehead atoms. The van der Waals surface area contributed by atoms with Gasteiger partial charge in [-0.1, -0.05) is 0 Å². The number of halogens is 4. The van der Waals surface area contributed by atoms with Crippen LogP contribution in [0.2, 0.25) is 0 Å². The Kier molecular flexibility index (Phi) is 2.89. The van der Waals surface area contributed by atoms with Gasteiger partial charge in [-0.05, 0) is 50.1 Å². The molecule has 0 unspecified atom stereocenters.